The Morgan fingerprint density at radius 1 is 0.295 bits per heavy atom. The zero-order valence-electron chi connectivity index (χ0n) is 61.5. The molecule has 15 aromatic rings. The molecule has 10 aromatic carbocycles. The van der Waals surface area contributed by atoms with Gasteiger partial charge in [0.25, 0.3) is 0 Å². The highest BCUT2D eigenvalue weighted by molar-refractivity contribution is 5.71. The third kappa shape index (κ3) is 22.5. The fourth-order valence-corrected chi connectivity index (χ4v) is 11.0. The Morgan fingerprint density at radius 2 is 0.616 bits per heavy atom. The van der Waals surface area contributed by atoms with E-state index in [1.165, 1.54) is 42.0 Å². The number of aromatic amines is 5. The summed E-state index contributed by atoms with van der Waals surface area (Å²) in [7, 11) is 8.13. The van der Waals surface area contributed by atoms with Crippen molar-refractivity contribution in [1.29, 1.82) is 5.26 Å². The first-order valence-electron chi connectivity index (χ1n) is 34.9. The van der Waals surface area contributed by atoms with Crippen LogP contribution in [-0.2, 0) is 32.8 Å². The standard InChI is InChI=1S/C18H15N3O2.C18H18N2O2.C17H14F2N2O2.2C17H15FN2O2/c1-22-17-5-3-2-4-15(17)16-10-18(21-20-16)23-12-14-8-6-13(11-19)7-9-14;1-21-17-10-6-5-9-15(17)16-13-18(20-19-16)22-12-11-14-7-3-2-4-8-14;1-22-16-5-3-2-4-13(16)15-9-17(21-20-15)23-10-11-6-7-12(18)8-14(11)19;1-21-16-8-3-2-7-14(16)15-10-17(20-19-15)22-11-12-5-4-6-13(18)9-12;1-21-16-5-3-2-4-14(16)15-10-17(20-19-15)22-11-12-6-8-13(18)9-7-12/h2-10H,12H2,1H3,(H,20,21);2-10,13H,11-12H2,1H3,(H,19,20);2-9H,10H2,1H3,(H,20,21);2*2-10H,11H2,1H3,(H,19,20). The van der Waals surface area contributed by atoms with Crippen LogP contribution in [0.5, 0.6) is 58.1 Å². The van der Waals surface area contributed by atoms with E-state index in [1.807, 2.05) is 164 Å². The molecule has 0 amide bonds. The summed E-state index contributed by atoms with van der Waals surface area (Å²) < 4.78 is 107. The van der Waals surface area contributed by atoms with Crippen LogP contribution in [0.3, 0.4) is 0 Å². The maximum atomic E-state index is 13.6. The number of H-pyrrole nitrogens is 5. The molecule has 5 aromatic heterocycles. The van der Waals surface area contributed by atoms with Crippen molar-refractivity contribution in [2.45, 2.75) is 32.8 Å². The molecule has 0 fully saturated rings. The van der Waals surface area contributed by atoms with Crippen LogP contribution in [0, 0.1) is 34.6 Å². The van der Waals surface area contributed by atoms with Gasteiger partial charge in [-0.2, -0.15) is 5.26 Å². The third-order valence-electron chi connectivity index (χ3n) is 16.7. The molecular formula is C87H77F4N11O10. The van der Waals surface area contributed by atoms with Crippen molar-refractivity contribution in [3.8, 4) is 121 Å². The maximum Gasteiger partial charge on any atom is 0.233 e. The number of nitriles is 1. The number of hydrogen-bond donors (Lipinski definition) is 5. The summed E-state index contributed by atoms with van der Waals surface area (Å²) in [6.07, 6.45) is 0.859. The molecule has 0 radical (unpaired) electrons. The van der Waals surface area contributed by atoms with E-state index in [0.717, 1.165) is 108 Å². The van der Waals surface area contributed by atoms with Crippen LogP contribution in [0.4, 0.5) is 17.6 Å². The highest BCUT2D eigenvalue weighted by Gasteiger charge is 2.16. The third-order valence-corrected chi connectivity index (χ3v) is 16.7. The lowest BCUT2D eigenvalue weighted by Gasteiger charge is -2.05. The van der Waals surface area contributed by atoms with Gasteiger partial charge in [-0.3, -0.25) is 25.5 Å². The van der Waals surface area contributed by atoms with Crippen LogP contribution in [0.1, 0.15) is 33.4 Å². The van der Waals surface area contributed by atoms with Gasteiger partial charge in [-0.25, -0.2) is 17.6 Å². The number of nitrogens with zero attached hydrogens (tertiary/aromatic N) is 6. The van der Waals surface area contributed by atoms with Crippen molar-refractivity contribution in [2.24, 2.45) is 0 Å². The molecule has 0 bridgehead atoms. The highest BCUT2D eigenvalue weighted by Crippen LogP contribution is 2.35. The molecule has 0 atom stereocenters. The normalized spacial score (nSPS) is 10.4. The molecule has 5 N–H and O–H groups in total. The molecule has 0 saturated heterocycles. The average Bonchev–Trinajstić information content (AvgIpc) is 1.73. The zero-order chi connectivity index (χ0) is 78.2. The average molecular weight is 1510 g/mol. The Kier molecular flexibility index (Phi) is 28.3. The smallest absolute Gasteiger partial charge is 0.233 e. The number of para-hydroxylation sites is 5. The molecule has 0 spiro atoms. The number of ether oxygens (including phenoxy) is 10. The van der Waals surface area contributed by atoms with E-state index in [4.69, 9.17) is 52.6 Å². The van der Waals surface area contributed by atoms with Gasteiger partial charge in [-0.1, -0.05) is 127 Å². The quantitative estimate of drug-likeness (QED) is 0.0316. The van der Waals surface area contributed by atoms with Gasteiger partial charge in [0, 0.05) is 76.2 Å². The van der Waals surface area contributed by atoms with Gasteiger partial charge in [-0.05, 0) is 131 Å². The molecule has 568 valence electrons. The summed E-state index contributed by atoms with van der Waals surface area (Å²) in [5, 5.41) is 44.0. The fourth-order valence-electron chi connectivity index (χ4n) is 11.0. The lowest BCUT2D eigenvalue weighted by Crippen LogP contribution is -2.01. The van der Waals surface area contributed by atoms with Crippen molar-refractivity contribution in [3.05, 3.63) is 330 Å². The minimum Gasteiger partial charge on any atom is -0.496 e. The number of aromatic nitrogens is 10. The molecule has 0 unspecified atom stereocenters. The summed E-state index contributed by atoms with van der Waals surface area (Å²) in [6.45, 7) is 1.54. The Hall–Kier alpha value is -14.5. The van der Waals surface area contributed by atoms with Crippen LogP contribution in [-0.4, -0.2) is 93.1 Å². The van der Waals surface area contributed by atoms with E-state index in [1.54, 1.807) is 90.1 Å². The summed E-state index contributed by atoms with van der Waals surface area (Å²) in [5.41, 5.74) is 13.3. The maximum absolute atomic E-state index is 13.6. The van der Waals surface area contributed by atoms with Gasteiger partial charge in [0.1, 0.15) is 78.4 Å². The van der Waals surface area contributed by atoms with Gasteiger partial charge >= 0.3 is 0 Å². The van der Waals surface area contributed by atoms with Crippen molar-refractivity contribution >= 4 is 0 Å². The number of rotatable bonds is 26. The molecular weight excluding hydrogens is 1440 g/mol. The van der Waals surface area contributed by atoms with Gasteiger partial charge in [0.2, 0.25) is 29.4 Å². The van der Waals surface area contributed by atoms with Crippen molar-refractivity contribution in [3.63, 3.8) is 0 Å². The first-order valence-corrected chi connectivity index (χ1v) is 34.9. The highest BCUT2D eigenvalue weighted by atomic mass is 19.1. The first kappa shape index (κ1) is 78.5. The van der Waals surface area contributed by atoms with E-state index in [9.17, 15) is 17.6 Å². The Bertz CT molecular complexity index is 5460. The van der Waals surface area contributed by atoms with Crippen LogP contribution in [0.15, 0.2) is 273 Å². The lowest BCUT2D eigenvalue weighted by molar-refractivity contribution is 0.287. The molecule has 0 saturated carbocycles. The van der Waals surface area contributed by atoms with E-state index in [-0.39, 0.29) is 30.4 Å². The topological polar surface area (TPSA) is 259 Å². The summed E-state index contributed by atoms with van der Waals surface area (Å²) in [4.78, 5) is 0. The van der Waals surface area contributed by atoms with Crippen LogP contribution >= 0.6 is 0 Å². The molecule has 0 aliphatic rings. The number of hydrogen-bond acceptors (Lipinski definition) is 16. The minimum atomic E-state index is -0.648. The molecule has 0 aliphatic carbocycles. The van der Waals surface area contributed by atoms with Crippen molar-refractivity contribution in [2.75, 3.05) is 42.2 Å². The van der Waals surface area contributed by atoms with E-state index in [0.29, 0.717) is 60.5 Å². The Labute approximate surface area is 643 Å². The van der Waals surface area contributed by atoms with Crippen molar-refractivity contribution < 1.29 is 64.9 Å². The number of halogens is 4. The SMILES string of the molecule is COc1ccccc1-c1cc(OCCc2ccccc2)n[nH]1.COc1ccccc1-c1cc(OCc2ccc(C#N)cc2)n[nH]1.COc1ccccc1-c1cc(OCc2ccc(F)cc2)n[nH]1.COc1ccccc1-c1cc(OCc2ccc(F)cc2F)n[nH]1.COc1ccccc1-c1cc(OCc2cccc(F)c2)n[nH]1. The number of nitrogens with one attached hydrogen (secondary N) is 5. The fraction of sp³-hybridized carbons (Fsp3) is 0.126. The molecule has 15 rings (SSSR count). The van der Waals surface area contributed by atoms with Crippen molar-refractivity contribution in [1.82, 2.24) is 51.0 Å². The van der Waals surface area contributed by atoms with Gasteiger partial charge in [0.05, 0.1) is 82.3 Å². The van der Waals surface area contributed by atoms with Gasteiger partial charge in [-0.15, -0.1) is 25.5 Å². The van der Waals surface area contributed by atoms with E-state index in [2.05, 4.69) is 69.2 Å². The second-order valence-electron chi connectivity index (χ2n) is 24.1. The second-order valence-corrected chi connectivity index (χ2v) is 24.1. The second kappa shape index (κ2) is 40.4. The van der Waals surface area contributed by atoms with E-state index >= 15 is 0 Å². The summed E-state index contributed by atoms with van der Waals surface area (Å²) >= 11 is 0. The minimum absolute atomic E-state index is 0.0394. The van der Waals surface area contributed by atoms with Crippen LogP contribution in [0.25, 0.3) is 56.3 Å². The summed E-state index contributed by atoms with van der Waals surface area (Å²) in [6, 6.07) is 82.8. The molecule has 5 heterocycles. The lowest BCUT2D eigenvalue weighted by atomic mass is 10.1. The Morgan fingerprint density at radius 3 is 0.982 bits per heavy atom. The number of benzene rings is 10. The number of methoxy groups -OCH3 is 5. The predicted molar refractivity (Wildman–Crippen MR) is 416 cm³/mol. The van der Waals surface area contributed by atoms with Gasteiger partial charge < -0.3 is 47.4 Å². The van der Waals surface area contributed by atoms with Crippen LogP contribution in [0.2, 0.25) is 0 Å². The summed E-state index contributed by atoms with van der Waals surface area (Å²) in [5.74, 6) is 4.33. The van der Waals surface area contributed by atoms with Crippen LogP contribution < -0.4 is 47.4 Å². The zero-order valence-corrected chi connectivity index (χ0v) is 61.5. The predicted octanol–water partition coefficient (Wildman–Crippen LogP) is 18.8. The Balaban J connectivity index is 0.000000138. The molecule has 112 heavy (non-hydrogen) atoms. The largest absolute Gasteiger partial charge is 0.496 e. The van der Waals surface area contributed by atoms with Gasteiger partial charge in [0.15, 0.2) is 0 Å². The molecule has 0 aliphatic heterocycles. The molecule has 25 heteroatoms. The monoisotopic (exact) mass is 1510 g/mol. The van der Waals surface area contributed by atoms with E-state index < -0.39 is 11.6 Å². The first-order chi connectivity index (χ1) is 54.8. The molecule has 21 nitrogen and oxygen atoms in total.